The standard InChI is InChI=1S/C16H20N2O3/c19-10-4-2-5-13-7-8-15(17-11-13)16(21)18-9-3-1-6-14(18)12-20/h7-8,11,14,19-20H,1,3-4,6,9-10,12H2. The normalized spacial score (nSPS) is 18.0. The van der Waals surface area contributed by atoms with Crippen molar-refractivity contribution in [1.82, 2.24) is 9.88 Å². The third-order valence-corrected chi connectivity index (χ3v) is 3.55. The van der Waals surface area contributed by atoms with Crippen molar-refractivity contribution in [2.45, 2.75) is 31.7 Å². The molecule has 1 atom stereocenters. The highest BCUT2D eigenvalue weighted by Crippen LogP contribution is 2.18. The van der Waals surface area contributed by atoms with E-state index in [2.05, 4.69) is 16.8 Å². The van der Waals surface area contributed by atoms with E-state index in [-0.39, 0.29) is 25.2 Å². The molecule has 0 spiro atoms. The van der Waals surface area contributed by atoms with Gasteiger partial charge in [-0.1, -0.05) is 11.8 Å². The minimum Gasteiger partial charge on any atom is -0.395 e. The highest BCUT2D eigenvalue weighted by molar-refractivity contribution is 5.92. The van der Waals surface area contributed by atoms with Crippen LogP contribution in [-0.4, -0.2) is 51.8 Å². The van der Waals surface area contributed by atoms with Crippen LogP contribution in [0, 0.1) is 11.8 Å². The molecule has 112 valence electrons. The number of hydrogen-bond acceptors (Lipinski definition) is 4. The SMILES string of the molecule is O=C(c1ccc(C#CCCO)cn1)N1CCCCC1CO. The number of hydrogen-bond donors (Lipinski definition) is 2. The first-order chi connectivity index (χ1) is 10.3. The monoisotopic (exact) mass is 288 g/mol. The maximum absolute atomic E-state index is 12.4. The number of nitrogens with zero attached hydrogens (tertiary/aromatic N) is 2. The molecule has 1 aliphatic rings. The van der Waals surface area contributed by atoms with Gasteiger partial charge < -0.3 is 15.1 Å². The topological polar surface area (TPSA) is 73.7 Å². The summed E-state index contributed by atoms with van der Waals surface area (Å²) in [7, 11) is 0. The summed E-state index contributed by atoms with van der Waals surface area (Å²) >= 11 is 0. The average Bonchev–Trinajstić information content (AvgIpc) is 2.55. The fourth-order valence-electron chi connectivity index (χ4n) is 2.42. The second kappa shape index (κ2) is 7.77. The molecule has 0 bridgehead atoms. The van der Waals surface area contributed by atoms with Crippen LogP contribution in [0.5, 0.6) is 0 Å². The van der Waals surface area contributed by atoms with Gasteiger partial charge in [0.05, 0.1) is 19.3 Å². The molecule has 0 aromatic carbocycles. The van der Waals surface area contributed by atoms with Gasteiger partial charge in [-0.05, 0) is 31.4 Å². The van der Waals surface area contributed by atoms with Crippen LogP contribution >= 0.6 is 0 Å². The van der Waals surface area contributed by atoms with Crippen LogP contribution in [0.15, 0.2) is 18.3 Å². The van der Waals surface area contributed by atoms with Crippen molar-refractivity contribution in [3.63, 3.8) is 0 Å². The van der Waals surface area contributed by atoms with Gasteiger partial charge in [0.15, 0.2) is 0 Å². The molecule has 1 aliphatic heterocycles. The quantitative estimate of drug-likeness (QED) is 0.807. The minimum atomic E-state index is -0.136. The van der Waals surface area contributed by atoms with Gasteiger partial charge >= 0.3 is 0 Å². The summed E-state index contributed by atoms with van der Waals surface area (Å²) in [6.45, 7) is 0.703. The maximum Gasteiger partial charge on any atom is 0.272 e. The summed E-state index contributed by atoms with van der Waals surface area (Å²) in [4.78, 5) is 18.3. The lowest BCUT2D eigenvalue weighted by atomic mass is 10.0. The third-order valence-electron chi connectivity index (χ3n) is 3.55. The Kier molecular flexibility index (Phi) is 5.73. The summed E-state index contributed by atoms with van der Waals surface area (Å²) in [5.74, 6) is 5.55. The Labute approximate surface area is 124 Å². The summed E-state index contributed by atoms with van der Waals surface area (Å²) in [5.41, 5.74) is 1.10. The van der Waals surface area contributed by atoms with Crippen LogP contribution in [0.25, 0.3) is 0 Å². The number of rotatable bonds is 3. The van der Waals surface area contributed by atoms with Crippen LogP contribution in [0.1, 0.15) is 41.7 Å². The Bertz CT molecular complexity index is 531. The Balaban J connectivity index is 2.07. The second-order valence-corrected chi connectivity index (χ2v) is 5.04. The molecule has 1 aromatic rings. The molecule has 2 N–H and O–H groups in total. The molecule has 2 heterocycles. The summed E-state index contributed by atoms with van der Waals surface area (Å²) < 4.78 is 0. The van der Waals surface area contributed by atoms with E-state index in [1.165, 1.54) is 0 Å². The second-order valence-electron chi connectivity index (χ2n) is 5.04. The number of carbonyl (C=O) groups is 1. The number of aliphatic hydroxyl groups excluding tert-OH is 2. The van der Waals surface area contributed by atoms with Gasteiger partial charge in [0.1, 0.15) is 5.69 Å². The van der Waals surface area contributed by atoms with Crippen molar-refractivity contribution in [1.29, 1.82) is 0 Å². The van der Waals surface area contributed by atoms with E-state index in [4.69, 9.17) is 5.11 Å². The average molecular weight is 288 g/mol. The highest BCUT2D eigenvalue weighted by Gasteiger charge is 2.27. The number of pyridine rings is 1. The lowest BCUT2D eigenvalue weighted by Crippen LogP contribution is -2.45. The molecule has 1 saturated heterocycles. The summed E-state index contributed by atoms with van der Waals surface area (Å²) in [6.07, 6.45) is 4.84. The minimum absolute atomic E-state index is 0.00351. The number of likely N-dealkylation sites (tertiary alicyclic amines) is 1. The first kappa shape index (κ1) is 15.5. The van der Waals surface area contributed by atoms with Crippen LogP contribution in [0.3, 0.4) is 0 Å². The Morgan fingerprint density at radius 2 is 2.24 bits per heavy atom. The van der Waals surface area contributed by atoms with Gasteiger partial charge in [0.25, 0.3) is 5.91 Å². The fourth-order valence-corrected chi connectivity index (χ4v) is 2.42. The smallest absolute Gasteiger partial charge is 0.272 e. The first-order valence-corrected chi connectivity index (χ1v) is 7.24. The lowest BCUT2D eigenvalue weighted by Gasteiger charge is -2.34. The molecule has 5 nitrogen and oxygen atoms in total. The van der Waals surface area contributed by atoms with Crippen LogP contribution < -0.4 is 0 Å². The number of aromatic nitrogens is 1. The van der Waals surface area contributed by atoms with Crippen molar-refractivity contribution < 1.29 is 15.0 Å². The van der Waals surface area contributed by atoms with Crippen LogP contribution in [0.4, 0.5) is 0 Å². The molecule has 0 radical (unpaired) electrons. The van der Waals surface area contributed by atoms with E-state index in [1.54, 1.807) is 23.2 Å². The summed E-state index contributed by atoms with van der Waals surface area (Å²) in [6, 6.07) is 3.31. The molecule has 2 rings (SSSR count). The number of carbonyl (C=O) groups excluding carboxylic acids is 1. The van der Waals surface area contributed by atoms with E-state index >= 15 is 0 Å². The summed E-state index contributed by atoms with van der Waals surface area (Å²) in [5, 5.41) is 18.0. The zero-order valence-corrected chi connectivity index (χ0v) is 12.0. The van der Waals surface area contributed by atoms with Crippen LogP contribution in [-0.2, 0) is 0 Å². The Hall–Kier alpha value is -1.90. The number of aliphatic hydroxyl groups is 2. The largest absolute Gasteiger partial charge is 0.395 e. The number of piperidine rings is 1. The van der Waals surface area contributed by atoms with Crippen molar-refractivity contribution in [2.75, 3.05) is 19.8 Å². The lowest BCUT2D eigenvalue weighted by molar-refractivity contribution is 0.0497. The Morgan fingerprint density at radius 1 is 1.38 bits per heavy atom. The molecule has 1 amide bonds. The van der Waals surface area contributed by atoms with Crippen LogP contribution in [0.2, 0.25) is 0 Å². The molecule has 0 saturated carbocycles. The molecule has 21 heavy (non-hydrogen) atoms. The predicted octanol–water partition coefficient (Wildman–Crippen LogP) is 0.802. The van der Waals surface area contributed by atoms with Crippen molar-refractivity contribution >= 4 is 5.91 Å². The zero-order valence-electron chi connectivity index (χ0n) is 12.0. The molecule has 5 heteroatoms. The highest BCUT2D eigenvalue weighted by atomic mass is 16.3. The van der Waals surface area contributed by atoms with E-state index in [9.17, 15) is 9.90 Å². The van der Waals surface area contributed by atoms with Crippen molar-refractivity contribution in [3.8, 4) is 11.8 Å². The van der Waals surface area contributed by atoms with Gasteiger partial charge in [-0.25, -0.2) is 4.98 Å². The van der Waals surface area contributed by atoms with E-state index in [1.807, 2.05) is 0 Å². The predicted molar refractivity (Wildman–Crippen MR) is 78.6 cm³/mol. The number of amides is 1. The third kappa shape index (κ3) is 4.03. The van der Waals surface area contributed by atoms with E-state index in [0.717, 1.165) is 24.8 Å². The Morgan fingerprint density at radius 3 is 2.90 bits per heavy atom. The van der Waals surface area contributed by atoms with Crippen molar-refractivity contribution in [3.05, 3.63) is 29.6 Å². The van der Waals surface area contributed by atoms with E-state index in [0.29, 0.717) is 18.7 Å². The first-order valence-electron chi connectivity index (χ1n) is 7.24. The molecule has 0 aliphatic carbocycles. The van der Waals surface area contributed by atoms with Gasteiger partial charge in [-0.2, -0.15) is 0 Å². The van der Waals surface area contributed by atoms with Gasteiger partial charge in [-0.15, -0.1) is 0 Å². The van der Waals surface area contributed by atoms with E-state index < -0.39 is 0 Å². The fraction of sp³-hybridized carbons (Fsp3) is 0.500. The molecule has 1 aromatic heterocycles. The van der Waals surface area contributed by atoms with Gasteiger partial charge in [0, 0.05) is 24.7 Å². The van der Waals surface area contributed by atoms with Gasteiger partial charge in [0.2, 0.25) is 0 Å². The van der Waals surface area contributed by atoms with Gasteiger partial charge in [-0.3, -0.25) is 4.79 Å². The molecule has 1 unspecified atom stereocenters. The molecular formula is C16H20N2O3. The van der Waals surface area contributed by atoms with Crippen molar-refractivity contribution in [2.24, 2.45) is 0 Å². The maximum atomic E-state index is 12.4. The molecular weight excluding hydrogens is 268 g/mol. The zero-order chi connectivity index (χ0) is 15.1. The molecule has 1 fully saturated rings.